The van der Waals surface area contributed by atoms with Crippen molar-refractivity contribution in [2.45, 2.75) is 39.0 Å². The molecular weight excluding hydrogens is 390 g/mol. The average Bonchev–Trinajstić information content (AvgIpc) is 3.37. The summed E-state index contributed by atoms with van der Waals surface area (Å²) in [7, 11) is 1.68. The van der Waals surface area contributed by atoms with Gasteiger partial charge in [-0.3, -0.25) is 0 Å². The molecule has 130 valence electrons. The summed E-state index contributed by atoms with van der Waals surface area (Å²) in [5.74, 6) is 1.52. The van der Waals surface area contributed by atoms with E-state index in [0.29, 0.717) is 12.6 Å². The maximum absolute atomic E-state index is 5.99. The Kier molecular flexibility index (Phi) is 6.96. The highest BCUT2D eigenvalue weighted by molar-refractivity contribution is 9.10. The first-order valence-corrected chi connectivity index (χ1v) is 8.73. The molecule has 0 bridgehead atoms. The molecule has 0 heterocycles. The molecule has 1 fully saturated rings. The lowest BCUT2D eigenvalue weighted by molar-refractivity contribution is -0.00000525. The van der Waals surface area contributed by atoms with Crippen LogP contribution in [-0.2, 0) is 13.2 Å². The number of rotatable bonds is 7. The molecule has 0 aliphatic heterocycles. The lowest BCUT2D eigenvalue weighted by Crippen LogP contribution is -3.00. The van der Waals surface area contributed by atoms with Crippen molar-refractivity contribution in [2.75, 3.05) is 7.11 Å². The summed E-state index contributed by atoms with van der Waals surface area (Å²) in [6, 6.07) is 13.2. The molecule has 0 atom stereocenters. The topological polar surface area (TPSA) is 30.5 Å². The van der Waals surface area contributed by atoms with Crippen LogP contribution < -0.4 is 27.2 Å². The molecule has 2 aromatic carbocycles. The van der Waals surface area contributed by atoms with Crippen LogP contribution in [0.1, 0.15) is 29.5 Å². The Labute approximate surface area is 158 Å². The van der Waals surface area contributed by atoms with Gasteiger partial charge in [-0.15, -0.1) is 0 Å². The minimum Gasteiger partial charge on any atom is -1.00 e. The van der Waals surface area contributed by atoms with Gasteiger partial charge in [0.1, 0.15) is 6.61 Å². The maximum atomic E-state index is 5.99. The van der Waals surface area contributed by atoms with Gasteiger partial charge in [0, 0.05) is 12.6 Å². The second-order valence-electron chi connectivity index (χ2n) is 6.04. The minimum absolute atomic E-state index is 0. The van der Waals surface area contributed by atoms with E-state index in [1.807, 2.05) is 6.07 Å². The van der Waals surface area contributed by atoms with Gasteiger partial charge in [-0.2, -0.15) is 0 Å². The van der Waals surface area contributed by atoms with Crippen LogP contribution in [0.4, 0.5) is 0 Å². The van der Waals surface area contributed by atoms with E-state index in [1.54, 1.807) is 7.11 Å². The lowest BCUT2D eigenvalue weighted by Gasteiger charge is -2.15. The molecule has 5 heteroatoms. The fraction of sp³-hybridized carbons (Fsp3) is 0.368. The van der Waals surface area contributed by atoms with Gasteiger partial charge in [-0.05, 0) is 59.0 Å². The minimum atomic E-state index is 0. The van der Waals surface area contributed by atoms with E-state index < -0.39 is 0 Å². The Hall–Kier alpha value is -1.23. The molecule has 0 amide bonds. The molecule has 3 rings (SSSR count). The van der Waals surface area contributed by atoms with Crippen LogP contribution in [0.2, 0.25) is 0 Å². The van der Waals surface area contributed by atoms with Crippen LogP contribution in [0, 0.1) is 6.92 Å². The molecule has 0 saturated heterocycles. The zero-order chi connectivity index (χ0) is 16.2. The van der Waals surface area contributed by atoms with E-state index >= 15 is 0 Å². The largest absolute Gasteiger partial charge is 1.00 e. The quantitative estimate of drug-likeness (QED) is 0.751. The van der Waals surface area contributed by atoms with Crippen molar-refractivity contribution in [2.24, 2.45) is 0 Å². The van der Waals surface area contributed by atoms with Gasteiger partial charge in [0.2, 0.25) is 0 Å². The third-order valence-corrected chi connectivity index (χ3v) is 4.55. The summed E-state index contributed by atoms with van der Waals surface area (Å²) < 4.78 is 12.4. The van der Waals surface area contributed by atoms with E-state index in [1.165, 1.54) is 24.0 Å². The molecule has 1 aliphatic rings. The second-order valence-corrected chi connectivity index (χ2v) is 6.89. The number of halogens is 2. The number of ether oxygens (including phenoxy) is 2. The van der Waals surface area contributed by atoms with Crippen molar-refractivity contribution in [1.29, 1.82) is 0 Å². The molecule has 1 aliphatic carbocycles. The van der Waals surface area contributed by atoms with Gasteiger partial charge >= 0.3 is 0 Å². The Morgan fingerprint density at radius 1 is 1.12 bits per heavy atom. The summed E-state index contributed by atoms with van der Waals surface area (Å²) in [5, 5.41) is 3.52. The van der Waals surface area contributed by atoms with E-state index in [9.17, 15) is 0 Å². The predicted molar refractivity (Wildman–Crippen MR) is 96.1 cm³/mol. The van der Waals surface area contributed by atoms with E-state index in [4.69, 9.17) is 9.47 Å². The van der Waals surface area contributed by atoms with E-state index in [-0.39, 0.29) is 12.4 Å². The summed E-state index contributed by atoms with van der Waals surface area (Å²) >= 11 is 3.61. The molecule has 0 spiro atoms. The van der Waals surface area contributed by atoms with E-state index in [0.717, 1.165) is 28.1 Å². The zero-order valence-electron chi connectivity index (χ0n) is 13.9. The molecule has 0 unspecified atom stereocenters. The summed E-state index contributed by atoms with van der Waals surface area (Å²) in [6.45, 7) is 3.46. The highest BCUT2D eigenvalue weighted by Gasteiger charge is 2.20. The standard InChI is InChI=1S/C19H22BrNO2.ClH/c1-13-3-5-14(6-4-13)12-23-19-17(20)9-15(10-18(19)22-2)11-21-16-7-8-16;/h3-6,9-10,16,21H,7-8,11-12H2,1-2H3;1H/p-1. The number of aryl methyl sites for hydroxylation is 1. The van der Waals surface area contributed by atoms with Crippen LogP contribution in [0.25, 0.3) is 0 Å². The van der Waals surface area contributed by atoms with Gasteiger partial charge in [0.05, 0.1) is 11.6 Å². The highest BCUT2D eigenvalue weighted by atomic mass is 79.9. The molecule has 24 heavy (non-hydrogen) atoms. The highest BCUT2D eigenvalue weighted by Crippen LogP contribution is 2.37. The normalized spacial score (nSPS) is 13.3. The summed E-state index contributed by atoms with van der Waals surface area (Å²) in [6.07, 6.45) is 2.58. The van der Waals surface area contributed by atoms with Crippen LogP contribution in [0.5, 0.6) is 11.5 Å². The first-order chi connectivity index (χ1) is 11.2. The van der Waals surface area contributed by atoms with Crippen molar-refractivity contribution in [3.8, 4) is 11.5 Å². The molecule has 3 nitrogen and oxygen atoms in total. The SMILES string of the molecule is COc1cc(CNC2CC2)cc(Br)c1OCc1ccc(C)cc1.[Cl-]. The average molecular weight is 412 g/mol. The number of hydrogen-bond acceptors (Lipinski definition) is 3. The van der Waals surface area contributed by atoms with Gasteiger partial charge in [0.15, 0.2) is 11.5 Å². The first-order valence-electron chi connectivity index (χ1n) is 7.94. The smallest absolute Gasteiger partial charge is 0.175 e. The van der Waals surface area contributed by atoms with Crippen molar-refractivity contribution < 1.29 is 21.9 Å². The van der Waals surface area contributed by atoms with Crippen molar-refractivity contribution in [3.05, 3.63) is 57.6 Å². The van der Waals surface area contributed by atoms with Crippen molar-refractivity contribution in [1.82, 2.24) is 5.32 Å². The Balaban J connectivity index is 0.00000208. The Bertz CT molecular complexity index is 672. The monoisotopic (exact) mass is 410 g/mol. The van der Waals surface area contributed by atoms with Crippen LogP contribution in [0.3, 0.4) is 0 Å². The van der Waals surface area contributed by atoms with Crippen molar-refractivity contribution >= 4 is 15.9 Å². The fourth-order valence-corrected chi connectivity index (χ4v) is 3.01. The second kappa shape index (κ2) is 8.75. The Morgan fingerprint density at radius 3 is 2.46 bits per heavy atom. The predicted octanol–water partition coefficient (Wildman–Crippen LogP) is 1.60. The van der Waals surface area contributed by atoms with Crippen LogP contribution in [-0.4, -0.2) is 13.2 Å². The molecule has 0 radical (unpaired) electrons. The van der Waals surface area contributed by atoms with E-state index in [2.05, 4.69) is 58.5 Å². The van der Waals surface area contributed by atoms with Gasteiger partial charge in [-0.25, -0.2) is 0 Å². The van der Waals surface area contributed by atoms with Gasteiger partial charge < -0.3 is 27.2 Å². The fourth-order valence-electron chi connectivity index (χ4n) is 2.40. The number of benzene rings is 2. The molecule has 2 aromatic rings. The van der Waals surface area contributed by atoms with Gasteiger partial charge in [0.25, 0.3) is 0 Å². The molecular formula is C19H22BrClNO2-. The first kappa shape index (κ1) is 19.1. The number of methoxy groups -OCH3 is 1. The third kappa shape index (κ3) is 5.13. The molecule has 0 aromatic heterocycles. The third-order valence-electron chi connectivity index (χ3n) is 3.97. The number of hydrogen-bond donors (Lipinski definition) is 1. The van der Waals surface area contributed by atoms with Crippen LogP contribution in [0.15, 0.2) is 40.9 Å². The number of nitrogens with one attached hydrogen (secondary N) is 1. The molecule has 1 N–H and O–H groups in total. The van der Waals surface area contributed by atoms with Crippen molar-refractivity contribution in [3.63, 3.8) is 0 Å². The lowest BCUT2D eigenvalue weighted by atomic mass is 10.1. The molecule has 1 saturated carbocycles. The summed E-state index contributed by atoms with van der Waals surface area (Å²) in [4.78, 5) is 0. The van der Waals surface area contributed by atoms with Crippen LogP contribution >= 0.6 is 15.9 Å². The Morgan fingerprint density at radius 2 is 1.83 bits per heavy atom. The van der Waals surface area contributed by atoms with Gasteiger partial charge in [-0.1, -0.05) is 29.8 Å². The summed E-state index contributed by atoms with van der Waals surface area (Å²) in [5.41, 5.74) is 3.59. The maximum Gasteiger partial charge on any atom is 0.175 e. The zero-order valence-corrected chi connectivity index (χ0v) is 16.3.